The Morgan fingerprint density at radius 1 is 1.43 bits per heavy atom. The average molecular weight is 305 g/mol. The van der Waals surface area contributed by atoms with Gasteiger partial charge in [-0.2, -0.15) is 16.9 Å². The lowest BCUT2D eigenvalue weighted by Gasteiger charge is -2.10. The molecule has 6 nitrogen and oxygen atoms in total. The second-order valence-corrected chi connectivity index (χ2v) is 5.34. The molecule has 1 aromatic heterocycles. The van der Waals surface area contributed by atoms with Gasteiger partial charge >= 0.3 is 5.97 Å². The number of amides is 1. The summed E-state index contributed by atoms with van der Waals surface area (Å²) < 4.78 is 1.77. The Balaban J connectivity index is 1.86. The van der Waals surface area contributed by atoms with Gasteiger partial charge in [-0.25, -0.2) is 9.48 Å². The second kappa shape index (κ2) is 7.49. The maximum Gasteiger partial charge on any atom is 0.327 e. The van der Waals surface area contributed by atoms with Crippen molar-refractivity contribution in [3.63, 3.8) is 0 Å². The number of nitrogens with one attached hydrogen (secondary N) is 1. The minimum absolute atomic E-state index is 0.328. The van der Waals surface area contributed by atoms with Crippen LogP contribution in [0.5, 0.6) is 0 Å². The van der Waals surface area contributed by atoms with Gasteiger partial charge in [-0.15, -0.1) is 0 Å². The predicted molar refractivity (Wildman–Crippen MR) is 80.3 cm³/mol. The van der Waals surface area contributed by atoms with Crippen molar-refractivity contribution in [3.8, 4) is 5.69 Å². The lowest BCUT2D eigenvalue weighted by Crippen LogP contribution is -2.37. The third kappa shape index (κ3) is 4.35. The van der Waals surface area contributed by atoms with Gasteiger partial charge in [0.15, 0.2) is 0 Å². The van der Waals surface area contributed by atoms with E-state index in [-0.39, 0.29) is 0 Å². The smallest absolute Gasteiger partial charge is 0.327 e. The molecule has 1 atom stereocenters. The first kappa shape index (κ1) is 15.1. The molecule has 2 rings (SSSR count). The highest BCUT2D eigenvalue weighted by Gasteiger charge is 2.15. The van der Waals surface area contributed by atoms with E-state index in [1.165, 1.54) is 11.8 Å². The quantitative estimate of drug-likeness (QED) is 0.718. The lowest BCUT2D eigenvalue weighted by atomic mass is 10.2. The number of hydrogen-bond donors (Lipinski definition) is 2. The number of carbonyl (C=O) groups excluding carboxylic acids is 1. The standard InChI is InChI=1S/C14H15N3O3S/c18-10-15-13(14(19)20)9-21-8-11-2-4-12(5-3-11)17-7-1-6-16-17/h1-7,10,13H,8-9H2,(H,15,18)(H,19,20). The largest absolute Gasteiger partial charge is 0.480 e. The molecule has 0 radical (unpaired) electrons. The van der Waals surface area contributed by atoms with Crippen molar-refractivity contribution >= 4 is 24.1 Å². The molecule has 2 N–H and O–H groups in total. The molecule has 1 heterocycles. The number of hydrogen-bond acceptors (Lipinski definition) is 4. The first-order valence-electron chi connectivity index (χ1n) is 6.30. The van der Waals surface area contributed by atoms with Crippen molar-refractivity contribution in [1.29, 1.82) is 0 Å². The Kier molecular flexibility index (Phi) is 5.39. The van der Waals surface area contributed by atoms with Gasteiger partial charge in [0.1, 0.15) is 6.04 Å². The maximum atomic E-state index is 10.9. The molecule has 0 aliphatic rings. The molecule has 110 valence electrons. The van der Waals surface area contributed by atoms with Gasteiger partial charge < -0.3 is 10.4 Å². The molecule has 0 spiro atoms. The number of nitrogens with zero attached hydrogens (tertiary/aromatic N) is 2. The van der Waals surface area contributed by atoms with Gasteiger partial charge in [0, 0.05) is 23.9 Å². The van der Waals surface area contributed by atoms with Crippen molar-refractivity contribution in [2.45, 2.75) is 11.8 Å². The summed E-state index contributed by atoms with van der Waals surface area (Å²) in [5, 5.41) is 15.3. The molecule has 0 aliphatic carbocycles. The van der Waals surface area contributed by atoms with Crippen molar-refractivity contribution in [2.75, 3.05) is 5.75 Å². The summed E-state index contributed by atoms with van der Waals surface area (Å²) in [5.74, 6) is -0.0118. The Hall–Kier alpha value is -2.28. The number of thioether (sulfide) groups is 1. The average Bonchev–Trinajstić information content (AvgIpc) is 3.01. The molecular weight excluding hydrogens is 290 g/mol. The van der Waals surface area contributed by atoms with E-state index in [4.69, 9.17) is 5.11 Å². The number of carbonyl (C=O) groups is 2. The molecule has 1 unspecified atom stereocenters. The summed E-state index contributed by atoms with van der Waals surface area (Å²) in [6, 6.07) is 8.88. The molecule has 0 bridgehead atoms. The molecule has 0 saturated heterocycles. The van der Waals surface area contributed by atoms with Crippen molar-refractivity contribution in [1.82, 2.24) is 15.1 Å². The normalized spacial score (nSPS) is 11.8. The van der Waals surface area contributed by atoms with E-state index in [0.717, 1.165) is 11.3 Å². The zero-order chi connectivity index (χ0) is 15.1. The third-order valence-corrected chi connectivity index (χ3v) is 3.93. The molecule has 1 aromatic carbocycles. The molecular formula is C14H15N3O3S. The van der Waals surface area contributed by atoms with Gasteiger partial charge in [0.05, 0.1) is 5.69 Å². The van der Waals surface area contributed by atoms with Crippen molar-refractivity contribution in [2.24, 2.45) is 0 Å². The van der Waals surface area contributed by atoms with E-state index in [1.807, 2.05) is 36.5 Å². The van der Waals surface area contributed by atoms with Gasteiger partial charge in [-0.05, 0) is 23.8 Å². The highest BCUT2D eigenvalue weighted by atomic mass is 32.2. The number of aliphatic carboxylic acids is 1. The molecule has 2 aromatic rings. The monoisotopic (exact) mass is 305 g/mol. The molecule has 0 fully saturated rings. The van der Waals surface area contributed by atoms with Gasteiger partial charge in [0.2, 0.25) is 6.41 Å². The first-order chi connectivity index (χ1) is 10.2. The predicted octanol–water partition coefficient (Wildman–Crippen LogP) is 1.30. The van der Waals surface area contributed by atoms with Crippen LogP contribution in [-0.2, 0) is 15.3 Å². The Morgan fingerprint density at radius 2 is 2.19 bits per heavy atom. The van der Waals surface area contributed by atoms with Crippen LogP contribution in [-0.4, -0.2) is 39.1 Å². The number of benzene rings is 1. The van der Waals surface area contributed by atoms with Crippen molar-refractivity contribution in [3.05, 3.63) is 48.3 Å². The first-order valence-corrected chi connectivity index (χ1v) is 7.45. The molecule has 1 amide bonds. The minimum atomic E-state index is -1.02. The summed E-state index contributed by atoms with van der Waals surface area (Å²) in [5.41, 5.74) is 2.06. The number of carboxylic acid groups (broad SMARTS) is 1. The Morgan fingerprint density at radius 3 is 2.76 bits per heavy atom. The van der Waals surface area contributed by atoms with Crippen LogP contribution in [0.15, 0.2) is 42.7 Å². The SMILES string of the molecule is O=CNC(CSCc1ccc(-n2cccn2)cc1)C(=O)O. The minimum Gasteiger partial charge on any atom is -0.480 e. The van der Waals surface area contributed by atoms with Crippen LogP contribution in [0.1, 0.15) is 5.56 Å². The molecule has 7 heteroatoms. The number of aromatic nitrogens is 2. The van der Waals surface area contributed by atoms with Gasteiger partial charge in [-0.3, -0.25) is 4.79 Å². The maximum absolute atomic E-state index is 10.9. The van der Waals surface area contributed by atoms with Crippen LogP contribution in [0.25, 0.3) is 5.69 Å². The highest BCUT2D eigenvalue weighted by Crippen LogP contribution is 2.15. The fraction of sp³-hybridized carbons (Fsp3) is 0.214. The van der Waals surface area contributed by atoms with Crippen LogP contribution < -0.4 is 5.32 Å². The number of rotatable bonds is 8. The Labute approximate surface area is 126 Å². The zero-order valence-corrected chi connectivity index (χ0v) is 12.0. The van der Waals surface area contributed by atoms with E-state index in [9.17, 15) is 9.59 Å². The van der Waals surface area contributed by atoms with Crippen molar-refractivity contribution < 1.29 is 14.7 Å². The van der Waals surface area contributed by atoms with Crippen LogP contribution in [0, 0.1) is 0 Å². The highest BCUT2D eigenvalue weighted by molar-refractivity contribution is 7.98. The molecule has 21 heavy (non-hydrogen) atoms. The topological polar surface area (TPSA) is 84.2 Å². The second-order valence-electron chi connectivity index (χ2n) is 4.31. The van der Waals surface area contributed by atoms with Crippen LogP contribution >= 0.6 is 11.8 Å². The van der Waals surface area contributed by atoms with Gasteiger partial charge in [-0.1, -0.05) is 12.1 Å². The molecule has 0 saturated carbocycles. The summed E-state index contributed by atoms with van der Waals surface area (Å²) in [6.45, 7) is 0. The summed E-state index contributed by atoms with van der Waals surface area (Å²) in [4.78, 5) is 21.2. The Bertz CT molecular complexity index is 584. The summed E-state index contributed by atoms with van der Waals surface area (Å²) >= 11 is 1.46. The fourth-order valence-electron chi connectivity index (χ4n) is 1.73. The lowest BCUT2D eigenvalue weighted by molar-refractivity contribution is -0.139. The van der Waals surface area contributed by atoms with E-state index < -0.39 is 12.0 Å². The van der Waals surface area contributed by atoms with Crippen LogP contribution in [0.2, 0.25) is 0 Å². The summed E-state index contributed by atoms with van der Waals surface area (Å²) in [7, 11) is 0. The molecule has 0 aliphatic heterocycles. The fourth-order valence-corrected chi connectivity index (χ4v) is 2.75. The zero-order valence-electron chi connectivity index (χ0n) is 11.2. The van der Waals surface area contributed by atoms with E-state index in [1.54, 1.807) is 10.9 Å². The van der Waals surface area contributed by atoms with E-state index >= 15 is 0 Å². The van der Waals surface area contributed by atoms with E-state index in [0.29, 0.717) is 17.9 Å². The summed E-state index contributed by atoms with van der Waals surface area (Å²) in [6.07, 6.45) is 4.00. The van der Waals surface area contributed by atoms with Crippen LogP contribution in [0.4, 0.5) is 0 Å². The van der Waals surface area contributed by atoms with Crippen LogP contribution in [0.3, 0.4) is 0 Å². The van der Waals surface area contributed by atoms with Gasteiger partial charge in [0.25, 0.3) is 0 Å². The van der Waals surface area contributed by atoms with E-state index in [2.05, 4.69) is 10.4 Å². The third-order valence-electron chi connectivity index (χ3n) is 2.83. The number of carboxylic acids is 1.